The molecule has 0 aromatic rings. The summed E-state index contributed by atoms with van der Waals surface area (Å²) >= 11 is 0. The van der Waals surface area contributed by atoms with Crippen LogP contribution in [0.15, 0.2) is 0 Å². The maximum Gasteiger partial charge on any atom is 0.305 e. The summed E-state index contributed by atoms with van der Waals surface area (Å²) in [5.74, 6) is 0.0172. The number of esters is 1. The Balaban J connectivity index is 4.19. The van der Waals surface area contributed by atoms with Crippen molar-refractivity contribution in [1.82, 2.24) is 0 Å². The lowest BCUT2D eigenvalue weighted by molar-refractivity contribution is -0.147. The van der Waals surface area contributed by atoms with Gasteiger partial charge in [0.2, 0.25) is 0 Å². The zero-order valence-corrected chi connectivity index (χ0v) is 20.7. The predicted molar refractivity (Wildman–Crippen MR) is 128 cm³/mol. The van der Waals surface area contributed by atoms with E-state index >= 15 is 0 Å². The Morgan fingerprint density at radius 1 is 0.586 bits per heavy atom. The molecule has 29 heavy (non-hydrogen) atoms. The third-order valence-corrected chi connectivity index (χ3v) is 6.33. The first-order chi connectivity index (χ1) is 14.1. The lowest BCUT2D eigenvalue weighted by Gasteiger charge is -2.29. The van der Waals surface area contributed by atoms with E-state index in [9.17, 15) is 4.79 Å². The van der Waals surface area contributed by atoms with Crippen LogP contribution >= 0.6 is 0 Å². The molecule has 1 atom stereocenters. The van der Waals surface area contributed by atoms with Crippen molar-refractivity contribution in [1.29, 1.82) is 0 Å². The van der Waals surface area contributed by atoms with Gasteiger partial charge in [-0.1, -0.05) is 130 Å². The first kappa shape index (κ1) is 28.5. The Kier molecular flexibility index (Phi) is 20.4. The van der Waals surface area contributed by atoms with Crippen molar-refractivity contribution in [2.45, 2.75) is 156 Å². The molecule has 0 aromatic heterocycles. The van der Waals surface area contributed by atoms with Crippen LogP contribution in [-0.2, 0) is 9.53 Å². The minimum atomic E-state index is 0.0172. The summed E-state index contributed by atoms with van der Waals surface area (Å²) in [6, 6.07) is 0. The molecule has 0 amide bonds. The van der Waals surface area contributed by atoms with Crippen LogP contribution in [0.5, 0.6) is 0 Å². The van der Waals surface area contributed by atoms with Gasteiger partial charge < -0.3 is 4.74 Å². The minimum absolute atomic E-state index is 0.0172. The Labute approximate surface area is 184 Å². The van der Waals surface area contributed by atoms with Crippen LogP contribution in [0.25, 0.3) is 0 Å². The molecule has 0 bridgehead atoms. The van der Waals surface area contributed by atoms with E-state index in [0.29, 0.717) is 13.0 Å². The van der Waals surface area contributed by atoms with Crippen LogP contribution < -0.4 is 0 Å². The molecule has 0 aromatic carbocycles. The van der Waals surface area contributed by atoms with Gasteiger partial charge in [-0.15, -0.1) is 0 Å². The van der Waals surface area contributed by atoms with Gasteiger partial charge in [0.05, 0.1) is 6.61 Å². The van der Waals surface area contributed by atoms with Crippen molar-refractivity contribution in [3.63, 3.8) is 0 Å². The van der Waals surface area contributed by atoms with Crippen LogP contribution in [0.4, 0.5) is 0 Å². The van der Waals surface area contributed by atoms with Crippen molar-refractivity contribution < 1.29 is 9.53 Å². The first-order valence-electron chi connectivity index (χ1n) is 13.2. The van der Waals surface area contributed by atoms with Gasteiger partial charge in [0.1, 0.15) is 0 Å². The Bertz CT molecular complexity index is 352. The molecule has 0 rings (SSSR count). The lowest BCUT2D eigenvalue weighted by Crippen LogP contribution is -2.25. The van der Waals surface area contributed by atoms with Crippen LogP contribution in [-0.4, -0.2) is 12.6 Å². The fourth-order valence-corrected chi connectivity index (χ4v) is 4.13. The molecule has 2 nitrogen and oxygen atoms in total. The highest BCUT2D eigenvalue weighted by atomic mass is 16.5. The fraction of sp³-hybridized carbons (Fsp3) is 0.963. The summed E-state index contributed by atoms with van der Waals surface area (Å²) in [4.78, 5) is 12.1. The van der Waals surface area contributed by atoms with Crippen molar-refractivity contribution in [3.8, 4) is 0 Å². The van der Waals surface area contributed by atoms with Crippen LogP contribution in [0.3, 0.4) is 0 Å². The molecular weight excluding hydrogens is 356 g/mol. The van der Waals surface area contributed by atoms with E-state index in [1.807, 2.05) is 0 Å². The van der Waals surface area contributed by atoms with Crippen molar-refractivity contribution in [2.75, 3.05) is 6.61 Å². The molecule has 0 N–H and O–H groups in total. The maximum atomic E-state index is 12.1. The van der Waals surface area contributed by atoms with E-state index < -0.39 is 0 Å². The molecule has 0 saturated heterocycles. The summed E-state index contributed by atoms with van der Waals surface area (Å²) in [6.07, 6.45) is 25.2. The number of rotatable bonds is 22. The largest absolute Gasteiger partial charge is 0.465 e. The molecule has 0 aliphatic rings. The molecule has 0 aliphatic heterocycles. The Morgan fingerprint density at radius 3 is 1.41 bits per heavy atom. The second-order valence-corrected chi connectivity index (χ2v) is 9.67. The summed E-state index contributed by atoms with van der Waals surface area (Å²) in [5.41, 5.74) is 0.174. The third kappa shape index (κ3) is 19.2. The number of ether oxygens (including phenoxy) is 1. The van der Waals surface area contributed by atoms with Gasteiger partial charge in [0.15, 0.2) is 0 Å². The summed E-state index contributed by atoms with van der Waals surface area (Å²) in [6.45, 7) is 9.72. The number of hydrogen-bond acceptors (Lipinski definition) is 2. The molecule has 2 heteroatoms. The van der Waals surface area contributed by atoms with Gasteiger partial charge in [-0.25, -0.2) is 0 Å². The summed E-state index contributed by atoms with van der Waals surface area (Å²) in [5, 5.41) is 0. The van der Waals surface area contributed by atoms with Gasteiger partial charge >= 0.3 is 5.97 Å². The molecular formula is C27H54O2. The van der Waals surface area contributed by atoms with Gasteiger partial charge in [-0.05, 0) is 19.3 Å². The van der Waals surface area contributed by atoms with Crippen LogP contribution in [0.2, 0.25) is 0 Å². The highest BCUT2D eigenvalue weighted by Gasteiger charge is 2.25. The van der Waals surface area contributed by atoms with Crippen LogP contribution in [0, 0.1) is 5.41 Å². The summed E-state index contributed by atoms with van der Waals surface area (Å²) < 4.78 is 5.73. The normalized spacial score (nSPS) is 13.4. The highest BCUT2D eigenvalue weighted by Crippen LogP contribution is 2.32. The Morgan fingerprint density at radius 2 is 0.966 bits per heavy atom. The van der Waals surface area contributed by atoms with E-state index in [2.05, 4.69) is 27.7 Å². The number of carbonyl (C=O) groups excluding carboxylic acids is 1. The SMILES string of the molecule is CCCCCCCCCCC(C)(CCCCCCCC)COC(=O)CCCCC. The molecule has 0 heterocycles. The number of unbranched alkanes of at least 4 members (excludes halogenated alkanes) is 14. The van der Waals surface area contributed by atoms with Crippen molar-refractivity contribution in [3.05, 3.63) is 0 Å². The topological polar surface area (TPSA) is 26.3 Å². The van der Waals surface area contributed by atoms with E-state index in [1.54, 1.807) is 0 Å². The number of carbonyl (C=O) groups is 1. The Hall–Kier alpha value is -0.530. The fourth-order valence-electron chi connectivity index (χ4n) is 4.13. The van der Waals surface area contributed by atoms with Gasteiger partial charge in [0.25, 0.3) is 0 Å². The van der Waals surface area contributed by atoms with Crippen molar-refractivity contribution in [2.24, 2.45) is 5.41 Å². The zero-order valence-electron chi connectivity index (χ0n) is 20.7. The summed E-state index contributed by atoms with van der Waals surface area (Å²) in [7, 11) is 0. The molecule has 0 aliphatic carbocycles. The molecule has 1 unspecified atom stereocenters. The molecule has 0 radical (unpaired) electrons. The van der Waals surface area contributed by atoms with Gasteiger partial charge in [0, 0.05) is 11.8 Å². The monoisotopic (exact) mass is 410 g/mol. The third-order valence-electron chi connectivity index (χ3n) is 6.33. The average molecular weight is 411 g/mol. The first-order valence-corrected chi connectivity index (χ1v) is 13.2. The van der Waals surface area contributed by atoms with Crippen LogP contribution in [0.1, 0.15) is 156 Å². The molecule has 0 spiro atoms. The van der Waals surface area contributed by atoms with Crippen molar-refractivity contribution >= 4 is 5.97 Å². The molecule has 0 fully saturated rings. The minimum Gasteiger partial charge on any atom is -0.465 e. The zero-order chi connectivity index (χ0) is 21.6. The van der Waals surface area contributed by atoms with E-state index in [-0.39, 0.29) is 11.4 Å². The standard InChI is InChI=1S/C27H54O2/c1-5-8-11-13-15-16-18-21-24-27(4,23-20-17-14-12-9-6-2)25-29-26(28)22-19-10-7-3/h5-25H2,1-4H3. The van der Waals surface area contributed by atoms with Gasteiger partial charge in [-0.3, -0.25) is 4.79 Å². The second-order valence-electron chi connectivity index (χ2n) is 9.67. The van der Waals surface area contributed by atoms with E-state index in [4.69, 9.17) is 4.74 Å². The second kappa shape index (κ2) is 20.7. The van der Waals surface area contributed by atoms with Gasteiger partial charge in [-0.2, -0.15) is 0 Å². The van der Waals surface area contributed by atoms with E-state index in [0.717, 1.165) is 19.3 Å². The highest BCUT2D eigenvalue weighted by molar-refractivity contribution is 5.69. The van der Waals surface area contributed by atoms with E-state index in [1.165, 1.54) is 103 Å². The average Bonchev–Trinajstić information content (AvgIpc) is 2.71. The predicted octanol–water partition coefficient (Wildman–Crippen LogP) is 9.40. The smallest absolute Gasteiger partial charge is 0.305 e. The quantitative estimate of drug-likeness (QED) is 0.131. The lowest BCUT2D eigenvalue weighted by atomic mass is 9.80. The maximum absolute atomic E-state index is 12.1. The molecule has 0 saturated carbocycles. The molecule has 174 valence electrons. The number of hydrogen-bond donors (Lipinski definition) is 0.